The Balaban J connectivity index is 1.48. The normalized spacial score (nSPS) is 32.5. The number of ether oxygens (including phenoxy) is 1. The molecule has 4 aliphatic rings. The number of anilines is 1. The number of methoxy groups -OCH3 is 1. The molecule has 2 aliphatic heterocycles. The number of carbonyl (C=O) groups excluding carboxylic acids is 2. The molecule has 232 valence electrons. The van der Waals surface area contributed by atoms with Gasteiger partial charge in [-0.1, -0.05) is 55.2 Å². The van der Waals surface area contributed by atoms with Gasteiger partial charge in [-0.3, -0.25) is 14.9 Å². The molecule has 2 heterocycles. The number of aliphatic hydroxyl groups excluding tert-OH is 1. The van der Waals surface area contributed by atoms with E-state index in [1.54, 1.807) is 31.4 Å². The number of amides is 2. The van der Waals surface area contributed by atoms with Crippen molar-refractivity contribution in [3.8, 4) is 0 Å². The van der Waals surface area contributed by atoms with E-state index >= 15 is 4.39 Å². The average molecular weight is 633 g/mol. The summed E-state index contributed by atoms with van der Waals surface area (Å²) in [7, 11) is 1.60. The van der Waals surface area contributed by atoms with Crippen LogP contribution in [-0.2, 0) is 19.7 Å². The summed E-state index contributed by atoms with van der Waals surface area (Å²) in [6.07, 6.45) is 5.41. The number of halogens is 3. The molecule has 10 heteroatoms. The molecule has 2 aromatic carbocycles. The van der Waals surface area contributed by atoms with Crippen LogP contribution in [0.2, 0.25) is 10.0 Å². The van der Waals surface area contributed by atoms with Crippen LogP contribution in [0.5, 0.6) is 0 Å². The Morgan fingerprint density at radius 3 is 2.44 bits per heavy atom. The maximum Gasteiger partial charge on any atom is 0.238 e. The Morgan fingerprint density at radius 2 is 1.79 bits per heavy atom. The molecule has 7 nitrogen and oxygen atoms in total. The molecule has 0 radical (unpaired) electrons. The van der Waals surface area contributed by atoms with Crippen molar-refractivity contribution >= 4 is 40.7 Å². The van der Waals surface area contributed by atoms with Gasteiger partial charge < -0.3 is 20.5 Å². The number of hydrogen-bond donors (Lipinski definition) is 4. The number of nitrogens with one attached hydrogen (secondary N) is 3. The van der Waals surface area contributed by atoms with Crippen molar-refractivity contribution in [1.82, 2.24) is 10.6 Å². The lowest BCUT2D eigenvalue weighted by Gasteiger charge is -2.50. The monoisotopic (exact) mass is 631 g/mol. The van der Waals surface area contributed by atoms with Crippen LogP contribution in [0.3, 0.4) is 0 Å². The highest BCUT2D eigenvalue weighted by atomic mass is 35.5. The average Bonchev–Trinajstić information content (AvgIpc) is 3.44. The van der Waals surface area contributed by atoms with Gasteiger partial charge in [0, 0.05) is 35.3 Å². The minimum absolute atomic E-state index is 0.0561. The first-order valence-electron chi connectivity index (χ1n) is 15.2. The van der Waals surface area contributed by atoms with Crippen LogP contribution in [0.1, 0.15) is 82.3 Å². The van der Waals surface area contributed by atoms with Gasteiger partial charge >= 0.3 is 0 Å². The zero-order valence-electron chi connectivity index (χ0n) is 24.9. The van der Waals surface area contributed by atoms with Crippen molar-refractivity contribution in [2.24, 2.45) is 5.41 Å². The summed E-state index contributed by atoms with van der Waals surface area (Å²) >= 11 is 12.7. The lowest BCUT2D eigenvalue weighted by atomic mass is 9.53. The first-order chi connectivity index (χ1) is 20.4. The highest BCUT2D eigenvalue weighted by Gasteiger charge is 2.73. The van der Waals surface area contributed by atoms with Crippen LogP contribution in [0.25, 0.3) is 0 Å². The fraction of sp³-hybridized carbons (Fsp3) is 0.576. The number of rotatable bonds is 5. The number of hydrogen-bond acceptors (Lipinski definition) is 5. The molecule has 1 saturated heterocycles. The van der Waals surface area contributed by atoms with Crippen molar-refractivity contribution in [1.29, 1.82) is 0 Å². The zero-order valence-corrected chi connectivity index (χ0v) is 26.4. The van der Waals surface area contributed by atoms with E-state index in [0.29, 0.717) is 49.2 Å². The summed E-state index contributed by atoms with van der Waals surface area (Å²) in [5, 5.41) is 20.3. The summed E-state index contributed by atoms with van der Waals surface area (Å²) in [5.41, 5.74) is -1.10. The van der Waals surface area contributed by atoms with E-state index in [4.69, 9.17) is 27.9 Å². The van der Waals surface area contributed by atoms with Gasteiger partial charge in [-0.25, -0.2) is 4.39 Å². The first-order valence-corrected chi connectivity index (χ1v) is 16.0. The molecule has 43 heavy (non-hydrogen) atoms. The molecule has 2 amide bonds. The summed E-state index contributed by atoms with van der Waals surface area (Å²) in [5.74, 6) is -2.04. The van der Waals surface area contributed by atoms with Crippen molar-refractivity contribution in [3.63, 3.8) is 0 Å². The molecule has 3 fully saturated rings. The number of aliphatic hydroxyl groups is 1. The van der Waals surface area contributed by atoms with E-state index in [-0.39, 0.29) is 40.5 Å². The van der Waals surface area contributed by atoms with E-state index in [9.17, 15) is 14.7 Å². The highest BCUT2D eigenvalue weighted by molar-refractivity contribution is 6.31. The van der Waals surface area contributed by atoms with Crippen LogP contribution >= 0.6 is 23.2 Å². The minimum atomic E-state index is -1.29. The quantitative estimate of drug-likeness (QED) is 0.332. The highest BCUT2D eigenvalue weighted by Crippen LogP contribution is 2.64. The minimum Gasteiger partial charge on any atom is -0.393 e. The summed E-state index contributed by atoms with van der Waals surface area (Å²) in [4.78, 5) is 29.0. The largest absolute Gasteiger partial charge is 0.393 e. The maximum absolute atomic E-state index is 16.1. The zero-order chi connectivity index (χ0) is 30.8. The third kappa shape index (κ3) is 4.80. The number of benzene rings is 2. The second-order valence-electron chi connectivity index (χ2n) is 13.8. The van der Waals surface area contributed by atoms with Crippen LogP contribution in [-0.4, -0.2) is 53.9 Å². The van der Waals surface area contributed by atoms with Crippen molar-refractivity contribution in [2.45, 2.75) is 99.8 Å². The molecular weight excluding hydrogens is 592 g/mol. The third-order valence-electron chi connectivity index (χ3n) is 11.0. The summed E-state index contributed by atoms with van der Waals surface area (Å²) < 4.78 is 21.7. The van der Waals surface area contributed by atoms with Crippen LogP contribution in [0, 0.1) is 11.2 Å². The van der Waals surface area contributed by atoms with E-state index < -0.39 is 34.3 Å². The second kappa shape index (κ2) is 11.0. The molecule has 0 aromatic heterocycles. The second-order valence-corrected chi connectivity index (χ2v) is 14.6. The van der Waals surface area contributed by atoms with Gasteiger partial charge in [0.2, 0.25) is 11.8 Å². The lowest BCUT2D eigenvalue weighted by Crippen LogP contribution is -2.61. The molecule has 3 atom stereocenters. The van der Waals surface area contributed by atoms with Crippen molar-refractivity contribution in [2.75, 3.05) is 19.0 Å². The fourth-order valence-corrected chi connectivity index (χ4v) is 8.78. The van der Waals surface area contributed by atoms with Crippen LogP contribution < -0.4 is 16.0 Å². The first kappa shape index (κ1) is 30.8. The fourth-order valence-electron chi connectivity index (χ4n) is 8.42. The Morgan fingerprint density at radius 1 is 1.09 bits per heavy atom. The van der Waals surface area contributed by atoms with E-state index in [0.717, 1.165) is 18.4 Å². The third-order valence-corrected chi connectivity index (χ3v) is 11.5. The van der Waals surface area contributed by atoms with Gasteiger partial charge in [0.1, 0.15) is 11.2 Å². The Labute approximate surface area is 262 Å². The number of carbonyl (C=O) groups is 2. The number of fused-ring (bicyclic) bond motifs is 3. The van der Waals surface area contributed by atoms with Crippen LogP contribution in [0.4, 0.5) is 10.1 Å². The molecule has 0 bridgehead atoms. The van der Waals surface area contributed by atoms with Gasteiger partial charge in [0.25, 0.3) is 0 Å². The lowest BCUT2D eigenvalue weighted by molar-refractivity contribution is -0.125. The van der Waals surface area contributed by atoms with Crippen molar-refractivity contribution in [3.05, 3.63) is 63.4 Å². The van der Waals surface area contributed by atoms with Crippen molar-refractivity contribution < 1.29 is 23.8 Å². The maximum atomic E-state index is 16.1. The predicted molar refractivity (Wildman–Crippen MR) is 165 cm³/mol. The predicted octanol–water partition coefficient (Wildman–Crippen LogP) is 5.85. The molecule has 2 aliphatic carbocycles. The molecule has 2 aromatic rings. The SMILES string of the molecule is COC1(CO)CCC(NC(=O)[C@@H]2NC3(CCC(C)(C)CC3)[C@@]3(C(=O)Nc4cc(Cl)ccc43)[C@H]2c2cccc(Cl)c2F)CC1. The Bertz CT molecular complexity index is 1430. The van der Waals surface area contributed by atoms with Crippen LogP contribution in [0.15, 0.2) is 36.4 Å². The summed E-state index contributed by atoms with van der Waals surface area (Å²) in [6.45, 7) is 4.36. The molecule has 0 unspecified atom stereocenters. The van der Waals surface area contributed by atoms with Gasteiger partial charge in [0.15, 0.2) is 0 Å². The molecule has 4 N–H and O–H groups in total. The Hall–Kier alpha value is -2.23. The molecule has 2 saturated carbocycles. The van der Waals surface area contributed by atoms with Gasteiger partial charge in [0.05, 0.1) is 23.3 Å². The van der Waals surface area contributed by atoms with Gasteiger partial charge in [-0.05, 0) is 86.1 Å². The molecule has 6 rings (SSSR count). The van der Waals surface area contributed by atoms with E-state index in [1.807, 2.05) is 6.07 Å². The smallest absolute Gasteiger partial charge is 0.238 e. The van der Waals surface area contributed by atoms with E-state index in [1.165, 1.54) is 6.07 Å². The standard InChI is InChI=1S/C33H40Cl2FN3O4/c1-30(2)13-15-32(16-14-30)33(22-8-7-19(34)17-24(22)38-29(33)42)25(21-5-4-6-23(35)26(21)36)27(39-32)28(41)37-20-9-11-31(18-40,43-3)12-10-20/h4-8,17,20,25,27,39-40H,9-16,18H2,1-3H3,(H,37,41)(H,38,42)/t20?,25-,27+,31?,33+/m0/s1. The summed E-state index contributed by atoms with van der Waals surface area (Å²) in [6, 6.07) is 9.10. The molecule has 2 spiro atoms. The van der Waals surface area contributed by atoms with E-state index in [2.05, 4.69) is 29.8 Å². The molecular formula is C33H40Cl2FN3O4. The Kier molecular flexibility index (Phi) is 7.86. The van der Waals surface area contributed by atoms with Gasteiger partial charge in [-0.2, -0.15) is 0 Å². The topological polar surface area (TPSA) is 99.7 Å². The van der Waals surface area contributed by atoms with Gasteiger partial charge in [-0.15, -0.1) is 0 Å².